The van der Waals surface area contributed by atoms with Crippen molar-refractivity contribution in [1.82, 2.24) is 9.97 Å². The predicted molar refractivity (Wildman–Crippen MR) is 102 cm³/mol. The highest BCUT2D eigenvalue weighted by Gasteiger charge is 2.11. The van der Waals surface area contributed by atoms with Crippen molar-refractivity contribution in [2.75, 3.05) is 11.9 Å². The summed E-state index contributed by atoms with van der Waals surface area (Å²) >= 11 is 5.69. The number of nitrogens with zero attached hydrogens (tertiary/aromatic N) is 2. The molecule has 7 heteroatoms. The molecule has 0 aliphatic carbocycles. The molecule has 138 valence electrons. The summed E-state index contributed by atoms with van der Waals surface area (Å²) in [5, 5.41) is 2.69. The zero-order chi connectivity index (χ0) is 19.4. The monoisotopic (exact) mass is 385 g/mol. The number of aryl methyl sites for hydroxylation is 2. The Kier molecular flexibility index (Phi) is 5.66. The smallest absolute Gasteiger partial charge is 0.262 e. The molecule has 27 heavy (non-hydrogen) atoms. The number of halogens is 2. The molecule has 0 atom stereocenters. The van der Waals surface area contributed by atoms with Crippen molar-refractivity contribution in [2.45, 2.75) is 13.8 Å². The van der Waals surface area contributed by atoms with Gasteiger partial charge in [-0.15, -0.1) is 0 Å². The summed E-state index contributed by atoms with van der Waals surface area (Å²) in [7, 11) is 0. The summed E-state index contributed by atoms with van der Waals surface area (Å²) in [5.41, 5.74) is 2.72. The van der Waals surface area contributed by atoms with Crippen molar-refractivity contribution >= 4 is 23.2 Å². The number of aromatic nitrogens is 2. The largest absolute Gasteiger partial charge is 0.467 e. The van der Waals surface area contributed by atoms with E-state index in [9.17, 15) is 9.18 Å². The van der Waals surface area contributed by atoms with E-state index in [0.29, 0.717) is 11.5 Å². The van der Waals surface area contributed by atoms with Gasteiger partial charge in [0.15, 0.2) is 12.4 Å². The van der Waals surface area contributed by atoms with Gasteiger partial charge in [0.2, 0.25) is 5.88 Å². The van der Waals surface area contributed by atoms with Crippen LogP contribution in [0.4, 0.5) is 10.1 Å². The number of carbonyl (C=O) groups excluding carboxylic acids is 1. The van der Waals surface area contributed by atoms with Crippen molar-refractivity contribution in [3.8, 4) is 17.3 Å². The first-order valence-electron chi connectivity index (χ1n) is 8.21. The van der Waals surface area contributed by atoms with Gasteiger partial charge in [-0.05, 0) is 32.0 Å². The van der Waals surface area contributed by atoms with E-state index in [4.69, 9.17) is 16.3 Å². The van der Waals surface area contributed by atoms with Crippen LogP contribution in [0.5, 0.6) is 5.88 Å². The maximum atomic E-state index is 13.7. The molecular formula is C20H17ClFN3O2. The topological polar surface area (TPSA) is 64.1 Å². The number of amides is 1. The molecule has 0 aliphatic rings. The Morgan fingerprint density at radius 1 is 1.11 bits per heavy atom. The van der Waals surface area contributed by atoms with Gasteiger partial charge in [-0.1, -0.05) is 41.4 Å². The summed E-state index contributed by atoms with van der Waals surface area (Å²) in [4.78, 5) is 20.8. The lowest BCUT2D eigenvalue weighted by atomic mass is 10.1. The number of hydrogen-bond donors (Lipinski definition) is 1. The normalized spacial score (nSPS) is 10.5. The maximum Gasteiger partial charge on any atom is 0.262 e. The molecule has 0 bridgehead atoms. The molecule has 1 heterocycles. The van der Waals surface area contributed by atoms with Gasteiger partial charge in [-0.25, -0.2) is 9.37 Å². The number of rotatable bonds is 5. The van der Waals surface area contributed by atoms with E-state index in [0.717, 1.165) is 17.2 Å². The summed E-state index contributed by atoms with van der Waals surface area (Å²) < 4.78 is 19.2. The van der Waals surface area contributed by atoms with Gasteiger partial charge in [0.1, 0.15) is 5.82 Å². The SMILES string of the molecule is Cc1ccc(-c2nc(C)cc(OCC(=O)Nc3ccc(Cl)cc3F)n2)cc1. The van der Waals surface area contributed by atoms with E-state index in [-0.39, 0.29) is 23.2 Å². The molecule has 1 amide bonds. The molecule has 3 aromatic rings. The second kappa shape index (κ2) is 8.14. The van der Waals surface area contributed by atoms with E-state index in [1.807, 2.05) is 38.1 Å². The molecule has 0 unspecified atom stereocenters. The number of hydrogen-bond acceptors (Lipinski definition) is 4. The molecule has 0 radical (unpaired) electrons. The Labute approximate surface area is 161 Å². The van der Waals surface area contributed by atoms with Gasteiger partial charge >= 0.3 is 0 Å². The minimum Gasteiger partial charge on any atom is -0.467 e. The third-order valence-electron chi connectivity index (χ3n) is 3.70. The van der Waals surface area contributed by atoms with Crippen LogP contribution < -0.4 is 10.1 Å². The van der Waals surface area contributed by atoms with E-state index >= 15 is 0 Å². The zero-order valence-corrected chi connectivity index (χ0v) is 15.5. The van der Waals surface area contributed by atoms with Crippen molar-refractivity contribution in [2.24, 2.45) is 0 Å². The quantitative estimate of drug-likeness (QED) is 0.698. The highest BCUT2D eigenvalue weighted by molar-refractivity contribution is 6.30. The van der Waals surface area contributed by atoms with Crippen LogP contribution in [-0.4, -0.2) is 22.5 Å². The minimum atomic E-state index is -0.615. The molecule has 0 aliphatic heterocycles. The Morgan fingerprint density at radius 3 is 2.56 bits per heavy atom. The molecule has 1 aromatic heterocycles. The van der Waals surface area contributed by atoms with Gasteiger partial charge in [-0.3, -0.25) is 4.79 Å². The molecule has 0 spiro atoms. The molecule has 5 nitrogen and oxygen atoms in total. The highest BCUT2D eigenvalue weighted by Crippen LogP contribution is 2.20. The standard InChI is InChI=1S/C20H17ClFN3O2/c1-12-3-5-14(6-4-12)20-23-13(2)9-19(25-20)27-11-18(26)24-17-8-7-15(21)10-16(17)22/h3-10H,11H2,1-2H3,(H,24,26). The molecule has 0 saturated carbocycles. The molecule has 3 rings (SSSR count). The Hall–Kier alpha value is -2.99. The first-order chi connectivity index (χ1) is 12.9. The summed E-state index contributed by atoms with van der Waals surface area (Å²) in [6.07, 6.45) is 0. The average Bonchev–Trinajstić information content (AvgIpc) is 2.62. The van der Waals surface area contributed by atoms with Crippen LogP contribution >= 0.6 is 11.6 Å². The van der Waals surface area contributed by atoms with E-state index in [1.165, 1.54) is 12.1 Å². The number of benzene rings is 2. The predicted octanol–water partition coefficient (Wildman–Crippen LogP) is 4.57. The molecule has 0 saturated heterocycles. The lowest BCUT2D eigenvalue weighted by molar-refractivity contribution is -0.118. The third kappa shape index (κ3) is 5.01. The summed E-state index contributed by atoms with van der Waals surface area (Å²) in [6, 6.07) is 13.4. The van der Waals surface area contributed by atoms with E-state index in [1.54, 1.807) is 6.07 Å². The van der Waals surface area contributed by atoms with E-state index in [2.05, 4.69) is 15.3 Å². The van der Waals surface area contributed by atoms with Gasteiger partial charge in [-0.2, -0.15) is 4.98 Å². The van der Waals surface area contributed by atoms with Gasteiger partial charge in [0.05, 0.1) is 5.69 Å². The van der Waals surface area contributed by atoms with Gasteiger partial charge < -0.3 is 10.1 Å². The van der Waals surface area contributed by atoms with Crippen LogP contribution in [0.15, 0.2) is 48.5 Å². The third-order valence-corrected chi connectivity index (χ3v) is 3.93. The van der Waals surface area contributed by atoms with Crippen LogP contribution in [0.2, 0.25) is 5.02 Å². The zero-order valence-electron chi connectivity index (χ0n) is 14.8. The highest BCUT2D eigenvalue weighted by atomic mass is 35.5. The summed E-state index contributed by atoms with van der Waals surface area (Å²) in [6.45, 7) is 3.50. The fourth-order valence-corrected chi connectivity index (χ4v) is 2.52. The fourth-order valence-electron chi connectivity index (χ4n) is 2.36. The van der Waals surface area contributed by atoms with Crippen molar-refractivity contribution in [3.63, 3.8) is 0 Å². The Morgan fingerprint density at radius 2 is 1.85 bits per heavy atom. The molecule has 1 N–H and O–H groups in total. The van der Waals surface area contributed by atoms with Crippen molar-refractivity contribution in [3.05, 3.63) is 70.6 Å². The van der Waals surface area contributed by atoms with Crippen molar-refractivity contribution in [1.29, 1.82) is 0 Å². The van der Waals surface area contributed by atoms with Crippen LogP contribution in [0, 0.1) is 19.7 Å². The van der Waals surface area contributed by atoms with Gasteiger partial charge in [0.25, 0.3) is 5.91 Å². The molecule has 0 fully saturated rings. The average molecular weight is 386 g/mol. The lowest BCUT2D eigenvalue weighted by Crippen LogP contribution is -2.21. The van der Waals surface area contributed by atoms with Crippen LogP contribution in [0.3, 0.4) is 0 Å². The number of anilines is 1. The van der Waals surface area contributed by atoms with Crippen LogP contribution in [0.25, 0.3) is 11.4 Å². The molecular weight excluding hydrogens is 369 g/mol. The van der Waals surface area contributed by atoms with E-state index < -0.39 is 11.7 Å². The summed E-state index contributed by atoms with van der Waals surface area (Å²) in [5.74, 6) is -0.348. The second-order valence-electron chi connectivity index (χ2n) is 6.00. The van der Waals surface area contributed by atoms with Crippen molar-refractivity contribution < 1.29 is 13.9 Å². The fraction of sp³-hybridized carbons (Fsp3) is 0.150. The van der Waals surface area contributed by atoms with Gasteiger partial charge in [0, 0.05) is 22.3 Å². The Bertz CT molecular complexity index is 977. The first kappa shape index (κ1) is 18.8. The first-order valence-corrected chi connectivity index (χ1v) is 8.59. The number of ether oxygens (including phenoxy) is 1. The molecule has 2 aromatic carbocycles. The Balaban J connectivity index is 1.68. The van der Waals surface area contributed by atoms with Crippen LogP contribution in [0.1, 0.15) is 11.3 Å². The lowest BCUT2D eigenvalue weighted by Gasteiger charge is -2.09. The number of carbonyl (C=O) groups is 1. The number of nitrogens with one attached hydrogen (secondary N) is 1. The van der Waals surface area contributed by atoms with Crippen LogP contribution in [-0.2, 0) is 4.79 Å². The minimum absolute atomic E-state index is 0.0345. The second-order valence-corrected chi connectivity index (χ2v) is 6.43. The maximum absolute atomic E-state index is 13.7.